The molecule has 1 saturated heterocycles. The number of halogens is 3. The predicted molar refractivity (Wildman–Crippen MR) is 52.3 cm³/mol. The number of likely N-dealkylation sites (tertiary alicyclic amines) is 1. The Balaban J connectivity index is 2.29. The molecule has 1 rings (SSSR count). The molecule has 3 nitrogen and oxygen atoms in total. The molecule has 1 aliphatic rings. The van der Waals surface area contributed by atoms with Gasteiger partial charge in [0.2, 0.25) is 5.91 Å². The molecule has 1 atom stereocenters. The predicted octanol–water partition coefficient (Wildman–Crippen LogP) is 1.19. The van der Waals surface area contributed by atoms with Crippen molar-refractivity contribution in [1.82, 2.24) is 4.90 Å². The minimum atomic E-state index is -4.22. The fourth-order valence-electron chi connectivity index (χ4n) is 1.46. The van der Waals surface area contributed by atoms with Crippen molar-refractivity contribution in [3.63, 3.8) is 0 Å². The van der Waals surface area contributed by atoms with Crippen molar-refractivity contribution in [2.24, 2.45) is 5.73 Å². The lowest BCUT2D eigenvalue weighted by molar-refractivity contribution is -0.134. The molecule has 1 fully saturated rings. The van der Waals surface area contributed by atoms with Crippen molar-refractivity contribution < 1.29 is 18.0 Å². The summed E-state index contributed by atoms with van der Waals surface area (Å²) in [6.45, 7) is 0.641. The molecule has 2 N–H and O–H groups in total. The average molecular weight is 242 g/mol. The van der Waals surface area contributed by atoms with Crippen LogP contribution in [0.25, 0.3) is 0 Å². The molecule has 1 amide bonds. The van der Waals surface area contributed by atoms with Gasteiger partial charge < -0.3 is 10.6 Å². The molecule has 0 aromatic carbocycles. The van der Waals surface area contributed by atoms with Crippen LogP contribution >= 0.6 is 11.8 Å². The number of nitrogens with two attached hydrogens (primary N) is 1. The SMILES string of the molecule is NC1CCCN(CCSC(F)(F)F)C1=O. The smallest absolute Gasteiger partial charge is 0.341 e. The number of alkyl halides is 3. The first kappa shape index (κ1) is 12.6. The molecule has 0 spiro atoms. The van der Waals surface area contributed by atoms with Crippen molar-refractivity contribution in [3.05, 3.63) is 0 Å². The third-order valence-electron chi connectivity index (χ3n) is 2.20. The molecule has 0 radical (unpaired) electrons. The van der Waals surface area contributed by atoms with Crippen molar-refractivity contribution >= 4 is 17.7 Å². The highest BCUT2D eigenvalue weighted by atomic mass is 32.2. The van der Waals surface area contributed by atoms with Crippen LogP contribution < -0.4 is 5.73 Å². The molecule has 7 heteroatoms. The largest absolute Gasteiger partial charge is 0.441 e. The van der Waals surface area contributed by atoms with E-state index in [0.29, 0.717) is 13.0 Å². The molecular weight excluding hydrogens is 229 g/mol. The average Bonchev–Trinajstić information content (AvgIpc) is 2.10. The van der Waals surface area contributed by atoms with Gasteiger partial charge >= 0.3 is 5.51 Å². The number of hydrogen-bond acceptors (Lipinski definition) is 3. The van der Waals surface area contributed by atoms with Gasteiger partial charge in [-0.15, -0.1) is 0 Å². The standard InChI is InChI=1S/C8H13F3N2OS/c9-8(10,11)15-5-4-13-3-1-2-6(12)7(13)14/h6H,1-5,12H2. The summed E-state index contributed by atoms with van der Waals surface area (Å²) in [6.07, 6.45) is 1.39. The van der Waals surface area contributed by atoms with E-state index in [9.17, 15) is 18.0 Å². The number of hydrogen-bond donors (Lipinski definition) is 1. The van der Waals surface area contributed by atoms with Crippen molar-refractivity contribution in [2.45, 2.75) is 24.4 Å². The molecule has 1 unspecified atom stereocenters. The zero-order valence-corrected chi connectivity index (χ0v) is 8.90. The van der Waals surface area contributed by atoms with Crippen molar-refractivity contribution in [2.75, 3.05) is 18.8 Å². The van der Waals surface area contributed by atoms with Crippen LogP contribution in [-0.2, 0) is 4.79 Å². The Bertz CT molecular complexity index is 234. The Morgan fingerprint density at radius 1 is 1.53 bits per heavy atom. The van der Waals surface area contributed by atoms with E-state index < -0.39 is 11.6 Å². The number of thioether (sulfide) groups is 1. The molecule has 0 bridgehead atoms. The molecular formula is C8H13F3N2OS. The molecule has 1 aliphatic heterocycles. The van der Waals surface area contributed by atoms with Crippen LogP contribution in [0.2, 0.25) is 0 Å². The lowest BCUT2D eigenvalue weighted by Crippen LogP contribution is -2.49. The number of carbonyl (C=O) groups is 1. The number of piperidine rings is 1. The third-order valence-corrected chi connectivity index (χ3v) is 2.91. The third kappa shape index (κ3) is 4.29. The molecule has 0 aromatic rings. The monoisotopic (exact) mass is 242 g/mol. The fourth-order valence-corrected chi connectivity index (χ4v) is 2.01. The van der Waals surface area contributed by atoms with Crippen LogP contribution in [0.15, 0.2) is 0 Å². The summed E-state index contributed by atoms with van der Waals surface area (Å²) < 4.78 is 35.5. The summed E-state index contributed by atoms with van der Waals surface area (Å²) in [4.78, 5) is 12.8. The van der Waals surface area contributed by atoms with Gasteiger partial charge in [-0.2, -0.15) is 13.2 Å². The van der Waals surface area contributed by atoms with E-state index in [0.717, 1.165) is 6.42 Å². The first-order chi connectivity index (χ1) is 6.90. The van der Waals surface area contributed by atoms with Crippen LogP contribution in [0, 0.1) is 0 Å². The second-order valence-corrected chi connectivity index (χ2v) is 4.53. The highest BCUT2D eigenvalue weighted by Gasteiger charge is 2.30. The minimum absolute atomic E-state index is 0.104. The van der Waals surface area contributed by atoms with Crippen LogP contribution in [0.5, 0.6) is 0 Å². The first-order valence-corrected chi connectivity index (χ1v) is 5.64. The lowest BCUT2D eigenvalue weighted by Gasteiger charge is -2.30. The van der Waals surface area contributed by atoms with E-state index in [4.69, 9.17) is 5.73 Å². The van der Waals surface area contributed by atoms with Gasteiger partial charge in [0.1, 0.15) is 0 Å². The quantitative estimate of drug-likeness (QED) is 0.808. The minimum Gasteiger partial charge on any atom is -0.341 e. The summed E-state index contributed by atoms with van der Waals surface area (Å²) in [5.74, 6) is -0.355. The topological polar surface area (TPSA) is 46.3 Å². The van der Waals surface area contributed by atoms with Gasteiger partial charge in [-0.05, 0) is 24.6 Å². The Hall–Kier alpha value is -0.430. The van der Waals surface area contributed by atoms with Crippen molar-refractivity contribution in [3.8, 4) is 0 Å². The Labute approximate surface area is 90.2 Å². The van der Waals surface area contributed by atoms with Gasteiger partial charge in [-0.3, -0.25) is 4.79 Å². The van der Waals surface area contributed by atoms with E-state index in [1.54, 1.807) is 0 Å². The molecule has 0 aromatic heterocycles. The second-order valence-electron chi connectivity index (χ2n) is 3.37. The van der Waals surface area contributed by atoms with Gasteiger partial charge in [-0.1, -0.05) is 0 Å². The van der Waals surface area contributed by atoms with E-state index in [1.807, 2.05) is 0 Å². The first-order valence-electron chi connectivity index (χ1n) is 4.65. The number of carbonyl (C=O) groups excluding carboxylic acids is 1. The zero-order chi connectivity index (χ0) is 11.5. The van der Waals surface area contributed by atoms with Gasteiger partial charge in [0.05, 0.1) is 6.04 Å². The van der Waals surface area contributed by atoms with Crippen LogP contribution in [-0.4, -0.2) is 41.2 Å². The number of rotatable bonds is 3. The zero-order valence-electron chi connectivity index (χ0n) is 8.09. The summed E-state index contributed by atoms with van der Waals surface area (Å²) in [5, 5.41) is 0. The summed E-state index contributed by atoms with van der Waals surface area (Å²) >= 11 is -0.104. The highest BCUT2D eigenvalue weighted by Crippen LogP contribution is 2.30. The van der Waals surface area contributed by atoms with Gasteiger partial charge in [-0.25, -0.2) is 0 Å². The normalized spacial score (nSPS) is 23.3. The maximum atomic E-state index is 11.8. The van der Waals surface area contributed by atoms with E-state index in [-0.39, 0.29) is 30.0 Å². The van der Waals surface area contributed by atoms with Crippen LogP contribution in [0.3, 0.4) is 0 Å². The summed E-state index contributed by atoms with van der Waals surface area (Å²) in [5.41, 5.74) is 1.28. The van der Waals surface area contributed by atoms with E-state index in [1.165, 1.54) is 4.90 Å². The van der Waals surface area contributed by atoms with E-state index in [2.05, 4.69) is 0 Å². The Kier molecular flexibility index (Phi) is 4.27. The second kappa shape index (κ2) is 5.07. The molecule has 0 saturated carbocycles. The van der Waals surface area contributed by atoms with Gasteiger partial charge in [0, 0.05) is 18.8 Å². The maximum absolute atomic E-state index is 11.8. The molecule has 88 valence electrons. The van der Waals surface area contributed by atoms with E-state index >= 15 is 0 Å². The fraction of sp³-hybridized carbons (Fsp3) is 0.875. The number of nitrogens with zero attached hydrogens (tertiary/aromatic N) is 1. The van der Waals surface area contributed by atoms with Crippen LogP contribution in [0.4, 0.5) is 13.2 Å². The summed E-state index contributed by atoms with van der Waals surface area (Å²) in [6, 6.07) is -0.533. The molecule has 0 aliphatic carbocycles. The molecule has 15 heavy (non-hydrogen) atoms. The number of amides is 1. The maximum Gasteiger partial charge on any atom is 0.441 e. The summed E-state index contributed by atoms with van der Waals surface area (Å²) in [7, 11) is 0. The molecule has 1 heterocycles. The van der Waals surface area contributed by atoms with Gasteiger partial charge in [0.25, 0.3) is 0 Å². The Morgan fingerprint density at radius 2 is 2.20 bits per heavy atom. The van der Waals surface area contributed by atoms with Crippen LogP contribution in [0.1, 0.15) is 12.8 Å². The van der Waals surface area contributed by atoms with Crippen molar-refractivity contribution in [1.29, 1.82) is 0 Å². The lowest BCUT2D eigenvalue weighted by atomic mass is 10.1. The Morgan fingerprint density at radius 3 is 2.80 bits per heavy atom. The highest BCUT2D eigenvalue weighted by molar-refractivity contribution is 8.00. The van der Waals surface area contributed by atoms with Gasteiger partial charge in [0.15, 0.2) is 0 Å².